The molecule has 0 N–H and O–H groups in total. The zero-order chi connectivity index (χ0) is 11.3. The Morgan fingerprint density at radius 2 is 1.93 bits per heavy atom. The average Bonchev–Trinajstić information content (AvgIpc) is 2.11. The van der Waals surface area contributed by atoms with Crippen LogP contribution in [0.2, 0.25) is 0 Å². The van der Waals surface area contributed by atoms with E-state index in [1.165, 1.54) is 26.2 Å². The molecule has 0 aromatic rings. The van der Waals surface area contributed by atoms with Gasteiger partial charge in [0.1, 0.15) is 5.78 Å². The molecule has 0 aromatic carbocycles. The maximum Gasteiger partial charge on any atom is 0.222 e. The van der Waals surface area contributed by atoms with E-state index in [2.05, 4.69) is 0 Å². The number of carbonyl (C=O) groups is 2. The van der Waals surface area contributed by atoms with Crippen LogP contribution < -0.4 is 0 Å². The molecule has 0 aliphatic heterocycles. The highest BCUT2D eigenvalue weighted by Gasteiger charge is 2.18. The van der Waals surface area contributed by atoms with Crippen molar-refractivity contribution in [3.63, 3.8) is 0 Å². The summed E-state index contributed by atoms with van der Waals surface area (Å²) in [6.45, 7) is 2.38. The van der Waals surface area contributed by atoms with Gasteiger partial charge in [-0.05, 0) is 19.3 Å². The Balaban J connectivity index is 2.11. The molecule has 0 aromatic heterocycles. The normalized spacial score (nSPS) is 15.9. The number of Topliss-reactive ketones (excluding diaryl/α,β-unsaturated/α-hetero) is 1. The van der Waals surface area contributed by atoms with Gasteiger partial charge in [0.15, 0.2) is 0 Å². The molecule has 1 rings (SSSR count). The fourth-order valence-corrected chi connectivity index (χ4v) is 1.76. The van der Waals surface area contributed by atoms with Gasteiger partial charge in [0.25, 0.3) is 0 Å². The molecule has 0 unspecified atom stereocenters. The van der Waals surface area contributed by atoms with Gasteiger partial charge in [-0.1, -0.05) is 19.3 Å². The minimum atomic E-state index is 0.0933. The number of carbonyl (C=O) groups excluding carboxylic acids is 2. The van der Waals surface area contributed by atoms with Crippen molar-refractivity contribution in [2.45, 2.75) is 45.4 Å². The molecule has 15 heavy (non-hydrogen) atoms. The zero-order valence-corrected chi connectivity index (χ0v) is 9.79. The van der Waals surface area contributed by atoms with Crippen LogP contribution in [0.1, 0.15) is 45.4 Å². The highest BCUT2D eigenvalue weighted by Crippen LogP contribution is 2.29. The maximum atomic E-state index is 11.5. The molecule has 0 spiro atoms. The molecule has 1 saturated carbocycles. The molecule has 1 aliphatic rings. The Bertz CT molecular complexity index is 234. The fraction of sp³-hybridized carbons (Fsp3) is 0.833. The van der Waals surface area contributed by atoms with Gasteiger partial charge < -0.3 is 9.69 Å². The summed E-state index contributed by atoms with van der Waals surface area (Å²) in [5.41, 5.74) is 0. The average molecular weight is 211 g/mol. The summed E-state index contributed by atoms with van der Waals surface area (Å²) in [7, 11) is 1.83. The number of rotatable bonds is 6. The van der Waals surface area contributed by atoms with Crippen molar-refractivity contribution in [2.24, 2.45) is 5.92 Å². The summed E-state index contributed by atoms with van der Waals surface area (Å²) in [6.07, 6.45) is 5.89. The van der Waals surface area contributed by atoms with E-state index in [9.17, 15) is 9.59 Å². The van der Waals surface area contributed by atoms with Crippen LogP contribution in [-0.4, -0.2) is 30.2 Å². The standard InChI is InChI=1S/C12H21NO2/c1-10(14)6-7-12(15)13(2)9-8-11-4-3-5-11/h11H,3-9H2,1-2H3. The van der Waals surface area contributed by atoms with E-state index in [1.54, 1.807) is 4.90 Å². The molecule has 0 bridgehead atoms. The smallest absolute Gasteiger partial charge is 0.222 e. The van der Waals surface area contributed by atoms with Crippen LogP contribution in [0.25, 0.3) is 0 Å². The Hall–Kier alpha value is -0.860. The van der Waals surface area contributed by atoms with Crippen LogP contribution in [0.15, 0.2) is 0 Å². The van der Waals surface area contributed by atoms with E-state index in [0.29, 0.717) is 12.8 Å². The highest BCUT2D eigenvalue weighted by atomic mass is 16.2. The highest BCUT2D eigenvalue weighted by molar-refractivity contribution is 5.83. The van der Waals surface area contributed by atoms with Gasteiger partial charge in [-0.2, -0.15) is 0 Å². The molecule has 0 atom stereocenters. The number of ketones is 1. The second-order valence-corrected chi connectivity index (χ2v) is 4.60. The zero-order valence-electron chi connectivity index (χ0n) is 9.79. The molecule has 3 heteroatoms. The second-order valence-electron chi connectivity index (χ2n) is 4.60. The first-order valence-corrected chi connectivity index (χ1v) is 5.83. The summed E-state index contributed by atoms with van der Waals surface area (Å²) < 4.78 is 0. The van der Waals surface area contributed by atoms with Crippen LogP contribution in [-0.2, 0) is 9.59 Å². The molecular weight excluding hydrogens is 190 g/mol. The Morgan fingerprint density at radius 1 is 1.27 bits per heavy atom. The Kier molecular flexibility index (Phi) is 4.79. The lowest BCUT2D eigenvalue weighted by atomic mass is 9.83. The van der Waals surface area contributed by atoms with Gasteiger partial charge in [-0.3, -0.25) is 4.79 Å². The number of hydrogen-bond acceptors (Lipinski definition) is 2. The van der Waals surface area contributed by atoms with Crippen LogP contribution in [0, 0.1) is 5.92 Å². The first kappa shape index (κ1) is 12.2. The lowest BCUT2D eigenvalue weighted by Gasteiger charge is -2.27. The maximum absolute atomic E-state index is 11.5. The van der Waals surface area contributed by atoms with Gasteiger partial charge in [0.05, 0.1) is 0 Å². The molecule has 3 nitrogen and oxygen atoms in total. The third kappa shape index (κ3) is 4.45. The third-order valence-corrected chi connectivity index (χ3v) is 3.21. The van der Waals surface area contributed by atoms with Crippen LogP contribution in [0.5, 0.6) is 0 Å². The monoisotopic (exact) mass is 211 g/mol. The van der Waals surface area contributed by atoms with Crippen molar-refractivity contribution in [1.82, 2.24) is 4.90 Å². The molecule has 0 radical (unpaired) electrons. The van der Waals surface area contributed by atoms with Gasteiger partial charge in [0, 0.05) is 26.4 Å². The molecule has 1 amide bonds. The van der Waals surface area contributed by atoms with Crippen LogP contribution >= 0.6 is 0 Å². The van der Waals surface area contributed by atoms with E-state index in [0.717, 1.165) is 18.9 Å². The molecule has 1 fully saturated rings. The van der Waals surface area contributed by atoms with Crippen molar-refractivity contribution in [3.05, 3.63) is 0 Å². The summed E-state index contributed by atoms with van der Waals surface area (Å²) in [5, 5.41) is 0. The predicted molar refractivity (Wildman–Crippen MR) is 59.5 cm³/mol. The van der Waals surface area contributed by atoms with Crippen molar-refractivity contribution in [3.8, 4) is 0 Å². The summed E-state index contributed by atoms with van der Waals surface area (Å²) in [5.74, 6) is 1.04. The van der Waals surface area contributed by atoms with Gasteiger partial charge in [0.2, 0.25) is 5.91 Å². The molecular formula is C12H21NO2. The topological polar surface area (TPSA) is 37.4 Å². The summed E-state index contributed by atoms with van der Waals surface area (Å²) in [4.78, 5) is 24.0. The first-order valence-electron chi connectivity index (χ1n) is 5.83. The van der Waals surface area contributed by atoms with Crippen molar-refractivity contribution >= 4 is 11.7 Å². The minimum absolute atomic E-state index is 0.0933. The quantitative estimate of drug-likeness (QED) is 0.674. The second kappa shape index (κ2) is 5.89. The first-order chi connectivity index (χ1) is 7.09. The lowest BCUT2D eigenvalue weighted by molar-refractivity contribution is -0.132. The fourth-order valence-electron chi connectivity index (χ4n) is 1.76. The van der Waals surface area contributed by atoms with Gasteiger partial charge in [-0.15, -0.1) is 0 Å². The molecule has 1 aliphatic carbocycles. The van der Waals surface area contributed by atoms with E-state index in [4.69, 9.17) is 0 Å². The predicted octanol–water partition coefficient (Wildman–Crippen LogP) is 2.00. The lowest BCUT2D eigenvalue weighted by Crippen LogP contribution is -2.30. The van der Waals surface area contributed by atoms with E-state index in [-0.39, 0.29) is 11.7 Å². The SMILES string of the molecule is CC(=O)CCC(=O)N(C)CCC1CCC1. The van der Waals surface area contributed by atoms with Crippen molar-refractivity contribution in [2.75, 3.05) is 13.6 Å². The number of nitrogens with zero attached hydrogens (tertiary/aromatic N) is 1. The molecule has 86 valence electrons. The van der Waals surface area contributed by atoms with Gasteiger partial charge in [-0.25, -0.2) is 0 Å². The van der Waals surface area contributed by atoms with E-state index < -0.39 is 0 Å². The Morgan fingerprint density at radius 3 is 2.40 bits per heavy atom. The molecule has 0 heterocycles. The number of hydrogen-bond donors (Lipinski definition) is 0. The minimum Gasteiger partial charge on any atom is -0.346 e. The number of amides is 1. The van der Waals surface area contributed by atoms with Crippen LogP contribution in [0.4, 0.5) is 0 Å². The summed E-state index contributed by atoms with van der Waals surface area (Å²) >= 11 is 0. The van der Waals surface area contributed by atoms with E-state index >= 15 is 0 Å². The summed E-state index contributed by atoms with van der Waals surface area (Å²) in [6, 6.07) is 0. The van der Waals surface area contributed by atoms with Crippen molar-refractivity contribution in [1.29, 1.82) is 0 Å². The van der Waals surface area contributed by atoms with Gasteiger partial charge >= 0.3 is 0 Å². The van der Waals surface area contributed by atoms with E-state index in [1.807, 2.05) is 7.05 Å². The third-order valence-electron chi connectivity index (χ3n) is 3.21. The van der Waals surface area contributed by atoms with Crippen LogP contribution in [0.3, 0.4) is 0 Å². The molecule has 0 saturated heterocycles. The Labute approximate surface area is 91.8 Å². The van der Waals surface area contributed by atoms with Crippen molar-refractivity contribution < 1.29 is 9.59 Å². The largest absolute Gasteiger partial charge is 0.346 e.